The summed E-state index contributed by atoms with van der Waals surface area (Å²) in [5.41, 5.74) is 0. The van der Waals surface area contributed by atoms with Crippen molar-refractivity contribution in [2.24, 2.45) is 11.8 Å². The summed E-state index contributed by atoms with van der Waals surface area (Å²) in [5, 5.41) is 9.10. The first-order chi connectivity index (χ1) is 5.11. The molecule has 0 spiro atoms. The van der Waals surface area contributed by atoms with Crippen molar-refractivity contribution in [2.45, 2.75) is 45.4 Å². The number of alkyl halides is 1. The van der Waals surface area contributed by atoms with Gasteiger partial charge in [-0.25, -0.2) is 4.39 Å². The molecule has 3 atom stereocenters. The molecule has 0 aliphatic heterocycles. The number of halogens is 1. The highest BCUT2D eigenvalue weighted by atomic mass is 19.1. The fraction of sp³-hybridized carbons (Fsp3) is 1.00. The molecule has 0 aromatic carbocycles. The van der Waals surface area contributed by atoms with Gasteiger partial charge in [0.25, 0.3) is 0 Å². The van der Waals surface area contributed by atoms with Gasteiger partial charge in [0.15, 0.2) is 0 Å². The molecule has 0 unspecified atom stereocenters. The van der Waals surface area contributed by atoms with Crippen LogP contribution in [0.1, 0.15) is 33.1 Å². The Kier molecular flexibility index (Phi) is 2.88. The standard InChI is InChI=1S/C9H17FO/c1-6(2)7-3-4-9(11)8(10)5-7/h6-9,11H,3-5H2,1-2H3/t7-,8+,9-/m0/s1. The van der Waals surface area contributed by atoms with Gasteiger partial charge in [-0.2, -0.15) is 0 Å². The predicted octanol–water partition coefficient (Wildman–Crippen LogP) is 2.14. The van der Waals surface area contributed by atoms with E-state index in [1.54, 1.807) is 0 Å². The molecule has 2 heteroatoms. The second-order valence-electron chi connectivity index (χ2n) is 3.90. The molecule has 0 aromatic rings. The van der Waals surface area contributed by atoms with Crippen LogP contribution in [-0.2, 0) is 0 Å². The average molecular weight is 160 g/mol. The van der Waals surface area contributed by atoms with Gasteiger partial charge in [-0.3, -0.25) is 0 Å². The molecule has 0 amide bonds. The summed E-state index contributed by atoms with van der Waals surface area (Å²) < 4.78 is 12.9. The van der Waals surface area contributed by atoms with Crippen molar-refractivity contribution in [3.63, 3.8) is 0 Å². The van der Waals surface area contributed by atoms with E-state index in [0.717, 1.165) is 6.42 Å². The van der Waals surface area contributed by atoms with E-state index in [1.807, 2.05) is 0 Å². The van der Waals surface area contributed by atoms with Crippen LogP contribution in [0.2, 0.25) is 0 Å². The van der Waals surface area contributed by atoms with Crippen molar-refractivity contribution in [3.8, 4) is 0 Å². The van der Waals surface area contributed by atoms with Crippen LogP contribution in [0.5, 0.6) is 0 Å². The van der Waals surface area contributed by atoms with Crippen molar-refractivity contribution >= 4 is 0 Å². The van der Waals surface area contributed by atoms with Crippen molar-refractivity contribution in [3.05, 3.63) is 0 Å². The lowest BCUT2D eigenvalue weighted by atomic mass is 9.80. The van der Waals surface area contributed by atoms with Crippen molar-refractivity contribution in [1.29, 1.82) is 0 Å². The van der Waals surface area contributed by atoms with E-state index in [9.17, 15) is 4.39 Å². The highest BCUT2D eigenvalue weighted by Crippen LogP contribution is 2.31. The SMILES string of the molecule is CC(C)[C@H]1CC[C@H](O)[C@H](F)C1. The molecule has 0 aromatic heterocycles. The summed E-state index contributed by atoms with van der Waals surface area (Å²) in [6.07, 6.45) is 0.517. The van der Waals surface area contributed by atoms with Gasteiger partial charge >= 0.3 is 0 Å². The lowest BCUT2D eigenvalue weighted by Gasteiger charge is -2.30. The average Bonchev–Trinajstić information content (AvgIpc) is 1.94. The minimum Gasteiger partial charge on any atom is -0.390 e. The van der Waals surface area contributed by atoms with Crippen LogP contribution in [0.15, 0.2) is 0 Å². The molecule has 0 heterocycles. The predicted molar refractivity (Wildman–Crippen MR) is 43.1 cm³/mol. The second-order valence-corrected chi connectivity index (χ2v) is 3.90. The molecule has 1 saturated carbocycles. The van der Waals surface area contributed by atoms with Gasteiger partial charge in [0.1, 0.15) is 6.17 Å². The van der Waals surface area contributed by atoms with Crippen molar-refractivity contribution in [2.75, 3.05) is 0 Å². The van der Waals surface area contributed by atoms with E-state index in [4.69, 9.17) is 5.11 Å². The van der Waals surface area contributed by atoms with Gasteiger partial charge in [0.2, 0.25) is 0 Å². The summed E-state index contributed by atoms with van der Waals surface area (Å²) in [6.45, 7) is 4.24. The fourth-order valence-electron chi connectivity index (χ4n) is 1.74. The number of hydrogen-bond donors (Lipinski definition) is 1. The van der Waals surface area contributed by atoms with Crippen LogP contribution in [0.3, 0.4) is 0 Å². The van der Waals surface area contributed by atoms with E-state index in [-0.39, 0.29) is 0 Å². The van der Waals surface area contributed by atoms with Crippen molar-refractivity contribution < 1.29 is 9.50 Å². The number of rotatable bonds is 1. The smallest absolute Gasteiger partial charge is 0.126 e. The Bertz CT molecular complexity index is 125. The molecule has 11 heavy (non-hydrogen) atoms. The molecule has 1 rings (SSSR count). The molecular formula is C9H17FO. The molecule has 0 saturated heterocycles. The summed E-state index contributed by atoms with van der Waals surface area (Å²) in [6, 6.07) is 0. The van der Waals surface area contributed by atoms with E-state index >= 15 is 0 Å². The zero-order valence-electron chi connectivity index (χ0n) is 7.26. The Hall–Kier alpha value is -0.110. The van der Waals surface area contributed by atoms with E-state index in [1.165, 1.54) is 0 Å². The minimum absolute atomic E-state index is 0.480. The van der Waals surface area contributed by atoms with Crippen molar-refractivity contribution in [1.82, 2.24) is 0 Å². The lowest BCUT2D eigenvalue weighted by molar-refractivity contribution is 0.0156. The number of aliphatic hydroxyl groups excluding tert-OH is 1. The molecule has 1 fully saturated rings. The van der Waals surface area contributed by atoms with Gasteiger partial charge in [0.05, 0.1) is 6.10 Å². The summed E-state index contributed by atoms with van der Waals surface area (Å²) in [4.78, 5) is 0. The Balaban J connectivity index is 2.40. The third-order valence-corrected chi connectivity index (χ3v) is 2.72. The lowest BCUT2D eigenvalue weighted by Crippen LogP contribution is -2.32. The van der Waals surface area contributed by atoms with Gasteiger partial charge in [-0.1, -0.05) is 13.8 Å². The quantitative estimate of drug-likeness (QED) is 0.623. The monoisotopic (exact) mass is 160 g/mol. The van der Waals surface area contributed by atoms with Gasteiger partial charge in [0, 0.05) is 0 Å². The molecule has 1 N–H and O–H groups in total. The normalized spacial score (nSPS) is 39.5. The van der Waals surface area contributed by atoms with Gasteiger partial charge in [-0.15, -0.1) is 0 Å². The zero-order valence-corrected chi connectivity index (χ0v) is 7.26. The number of hydrogen-bond acceptors (Lipinski definition) is 1. The van der Waals surface area contributed by atoms with Crippen LogP contribution >= 0.6 is 0 Å². The highest BCUT2D eigenvalue weighted by molar-refractivity contribution is 4.80. The largest absolute Gasteiger partial charge is 0.390 e. The topological polar surface area (TPSA) is 20.2 Å². The van der Waals surface area contributed by atoms with Gasteiger partial charge < -0.3 is 5.11 Å². The minimum atomic E-state index is -0.976. The first-order valence-corrected chi connectivity index (χ1v) is 4.43. The maximum atomic E-state index is 12.9. The summed E-state index contributed by atoms with van der Waals surface area (Å²) in [7, 11) is 0. The fourth-order valence-corrected chi connectivity index (χ4v) is 1.74. The molecule has 0 bridgehead atoms. The third-order valence-electron chi connectivity index (χ3n) is 2.72. The number of aliphatic hydroxyl groups is 1. The Labute approximate surface area is 67.6 Å². The maximum absolute atomic E-state index is 12.9. The summed E-state index contributed by atoms with van der Waals surface area (Å²) >= 11 is 0. The molecule has 1 nitrogen and oxygen atoms in total. The highest BCUT2D eigenvalue weighted by Gasteiger charge is 2.30. The zero-order chi connectivity index (χ0) is 8.43. The van der Waals surface area contributed by atoms with Crippen LogP contribution < -0.4 is 0 Å². The maximum Gasteiger partial charge on any atom is 0.126 e. The Morgan fingerprint density at radius 3 is 2.45 bits per heavy atom. The molecule has 66 valence electrons. The summed E-state index contributed by atoms with van der Waals surface area (Å²) in [5.74, 6) is 1.04. The molecule has 1 aliphatic carbocycles. The Morgan fingerprint density at radius 2 is 2.00 bits per heavy atom. The van der Waals surface area contributed by atoms with E-state index < -0.39 is 12.3 Å². The molecule has 1 aliphatic rings. The van der Waals surface area contributed by atoms with E-state index in [0.29, 0.717) is 24.7 Å². The van der Waals surface area contributed by atoms with Crippen LogP contribution in [0.25, 0.3) is 0 Å². The van der Waals surface area contributed by atoms with Crippen LogP contribution in [0, 0.1) is 11.8 Å². The van der Waals surface area contributed by atoms with E-state index in [2.05, 4.69) is 13.8 Å². The first kappa shape index (κ1) is 8.98. The van der Waals surface area contributed by atoms with Gasteiger partial charge in [-0.05, 0) is 31.1 Å². The Morgan fingerprint density at radius 1 is 1.36 bits per heavy atom. The van der Waals surface area contributed by atoms with Crippen LogP contribution in [-0.4, -0.2) is 17.4 Å². The van der Waals surface area contributed by atoms with Crippen LogP contribution in [0.4, 0.5) is 4.39 Å². The molecular weight excluding hydrogens is 143 g/mol. The molecule has 0 radical (unpaired) electrons. The first-order valence-electron chi connectivity index (χ1n) is 4.43. The third kappa shape index (κ3) is 2.16. The second kappa shape index (κ2) is 3.53.